The molecule has 0 saturated heterocycles. The molecule has 0 bridgehead atoms. The van der Waals surface area contributed by atoms with Gasteiger partial charge >= 0.3 is 0 Å². The van der Waals surface area contributed by atoms with Crippen LogP contribution in [0.2, 0.25) is 0 Å². The smallest absolute Gasteiger partial charge is 0.249 e. The second-order valence-electron chi connectivity index (χ2n) is 12.5. The molecule has 1 heterocycles. The van der Waals surface area contributed by atoms with Crippen molar-refractivity contribution in [2.24, 2.45) is 17.1 Å². The van der Waals surface area contributed by atoms with Crippen molar-refractivity contribution in [2.45, 2.75) is 59.1 Å². The van der Waals surface area contributed by atoms with E-state index in [4.69, 9.17) is 5.73 Å². The third kappa shape index (κ3) is 8.79. The second-order valence-corrected chi connectivity index (χ2v) is 12.5. The van der Waals surface area contributed by atoms with Crippen LogP contribution in [-0.4, -0.2) is 52.5 Å². The molecule has 1 aliphatic rings. The Hall–Kier alpha value is -4.72. The maximum Gasteiger partial charge on any atom is 0.249 e. The van der Waals surface area contributed by atoms with E-state index < -0.39 is 35.0 Å². The molecule has 0 fully saturated rings. The quantitative estimate of drug-likeness (QED) is 0.195. The van der Waals surface area contributed by atoms with Crippen LogP contribution in [-0.2, 0) is 22.6 Å². The predicted molar refractivity (Wildman–Crippen MR) is 181 cm³/mol. The molecule has 1 unspecified atom stereocenters. The van der Waals surface area contributed by atoms with Gasteiger partial charge in [-0.1, -0.05) is 49.8 Å². The van der Waals surface area contributed by atoms with Gasteiger partial charge in [-0.3, -0.25) is 14.6 Å². The summed E-state index contributed by atoms with van der Waals surface area (Å²) in [6.07, 6.45) is 6.80. The zero-order chi connectivity index (χ0) is 34.8. The Morgan fingerprint density at radius 3 is 2.42 bits per heavy atom. The molecule has 0 aliphatic heterocycles. The fraction of sp³-hybridized carbons (Fsp3) is 0.368. The van der Waals surface area contributed by atoms with Gasteiger partial charge in [0.25, 0.3) is 0 Å². The third-order valence-corrected chi connectivity index (χ3v) is 8.69. The predicted octanol–water partition coefficient (Wildman–Crippen LogP) is 5.60. The summed E-state index contributed by atoms with van der Waals surface area (Å²) in [7, 11) is 0. The second kappa shape index (κ2) is 16.4. The van der Waals surface area contributed by atoms with E-state index in [0.717, 1.165) is 35.6 Å². The molecule has 1 aromatic heterocycles. The number of amides is 2. The van der Waals surface area contributed by atoms with Crippen LogP contribution in [0.25, 0.3) is 11.1 Å². The summed E-state index contributed by atoms with van der Waals surface area (Å²) in [6.45, 7) is 7.22. The number of aliphatic hydroxyl groups is 1. The molecule has 0 spiro atoms. The van der Waals surface area contributed by atoms with E-state index in [0.29, 0.717) is 36.3 Å². The Morgan fingerprint density at radius 2 is 1.77 bits per heavy atom. The number of nitrogens with two attached hydrogens (primary N) is 1. The first-order valence-corrected chi connectivity index (χ1v) is 16.3. The van der Waals surface area contributed by atoms with Crippen LogP contribution in [0.15, 0.2) is 84.2 Å². The lowest BCUT2D eigenvalue weighted by Gasteiger charge is -2.42. The van der Waals surface area contributed by atoms with Crippen molar-refractivity contribution in [1.29, 1.82) is 5.26 Å². The number of pyridine rings is 1. The zero-order valence-corrected chi connectivity index (χ0v) is 27.7. The number of benzene rings is 2. The summed E-state index contributed by atoms with van der Waals surface area (Å²) in [5.41, 5.74) is 8.92. The van der Waals surface area contributed by atoms with Crippen molar-refractivity contribution < 1.29 is 23.5 Å². The van der Waals surface area contributed by atoms with E-state index in [2.05, 4.69) is 16.4 Å². The number of hydrogen-bond acceptors (Lipinski definition) is 6. The SMILES string of the molecule is CCCN(CCC)C(=O)C1=CC(C)=CC(C(N)=O)([C@H](Cc2cc(F)cc(F)c2)[C@@H](O)CNCc2cccc(-c3cncc(C#N)c3)c2)C1. The Balaban J connectivity index is 1.63. The van der Waals surface area contributed by atoms with Gasteiger partial charge < -0.3 is 21.1 Å². The zero-order valence-electron chi connectivity index (χ0n) is 27.7. The Bertz CT molecular complexity index is 1710. The summed E-state index contributed by atoms with van der Waals surface area (Å²) >= 11 is 0. The topological polar surface area (TPSA) is 132 Å². The first-order chi connectivity index (χ1) is 23.0. The normalized spacial score (nSPS) is 17.1. The Kier molecular flexibility index (Phi) is 12.3. The van der Waals surface area contributed by atoms with Crippen molar-refractivity contribution in [3.05, 3.63) is 113 Å². The highest BCUT2D eigenvalue weighted by Gasteiger charge is 2.48. The van der Waals surface area contributed by atoms with Gasteiger partial charge in [-0.15, -0.1) is 0 Å². The highest BCUT2D eigenvalue weighted by molar-refractivity contribution is 5.97. The number of aliphatic hydroxyl groups excluding tert-OH is 1. The van der Waals surface area contributed by atoms with Crippen LogP contribution in [0.3, 0.4) is 0 Å². The van der Waals surface area contributed by atoms with Gasteiger partial charge in [0.15, 0.2) is 0 Å². The molecule has 8 nitrogen and oxygen atoms in total. The maximum atomic E-state index is 14.3. The van der Waals surface area contributed by atoms with E-state index in [9.17, 15) is 28.7 Å². The van der Waals surface area contributed by atoms with Crippen LogP contribution in [0.5, 0.6) is 0 Å². The number of carbonyl (C=O) groups is 2. The van der Waals surface area contributed by atoms with Crippen molar-refractivity contribution in [3.8, 4) is 17.2 Å². The number of aromatic nitrogens is 1. The van der Waals surface area contributed by atoms with Crippen molar-refractivity contribution in [3.63, 3.8) is 0 Å². The summed E-state index contributed by atoms with van der Waals surface area (Å²) < 4.78 is 28.7. The molecule has 0 radical (unpaired) electrons. The molecule has 4 N–H and O–H groups in total. The molecule has 3 aromatic rings. The summed E-state index contributed by atoms with van der Waals surface area (Å²) in [5, 5.41) is 24.3. The van der Waals surface area contributed by atoms with Gasteiger partial charge in [-0.25, -0.2) is 8.78 Å². The first kappa shape index (κ1) is 36.1. The van der Waals surface area contributed by atoms with E-state index in [-0.39, 0.29) is 30.9 Å². The molecule has 2 amide bonds. The van der Waals surface area contributed by atoms with Crippen LogP contribution in [0.4, 0.5) is 8.78 Å². The van der Waals surface area contributed by atoms with Gasteiger partial charge in [-0.2, -0.15) is 5.26 Å². The number of nitrogens with one attached hydrogen (secondary N) is 1. The summed E-state index contributed by atoms with van der Waals surface area (Å²) in [5.74, 6) is -3.43. The minimum Gasteiger partial charge on any atom is -0.391 e. The number of hydrogen-bond donors (Lipinski definition) is 3. The van der Waals surface area contributed by atoms with Gasteiger partial charge in [-0.05, 0) is 73.6 Å². The van der Waals surface area contributed by atoms with Crippen molar-refractivity contribution in [2.75, 3.05) is 19.6 Å². The molecule has 252 valence electrons. The van der Waals surface area contributed by atoms with Gasteiger partial charge in [0.05, 0.1) is 17.1 Å². The minimum atomic E-state index is -1.52. The molecule has 4 rings (SSSR count). The maximum absolute atomic E-state index is 14.3. The molecule has 0 saturated carbocycles. The molecule has 2 aromatic carbocycles. The highest BCUT2D eigenvalue weighted by Crippen LogP contribution is 2.44. The van der Waals surface area contributed by atoms with E-state index in [1.807, 2.05) is 38.1 Å². The fourth-order valence-electron chi connectivity index (χ4n) is 6.58. The average Bonchev–Trinajstić information content (AvgIpc) is 3.06. The lowest BCUT2D eigenvalue weighted by Crippen LogP contribution is -2.51. The molecule has 3 atom stereocenters. The van der Waals surface area contributed by atoms with E-state index in [1.54, 1.807) is 36.2 Å². The largest absolute Gasteiger partial charge is 0.391 e. The lowest BCUT2D eigenvalue weighted by atomic mass is 9.63. The number of carbonyl (C=O) groups excluding carboxylic acids is 2. The number of halogens is 2. The van der Waals surface area contributed by atoms with E-state index >= 15 is 0 Å². The summed E-state index contributed by atoms with van der Waals surface area (Å²) in [4.78, 5) is 33.2. The number of allylic oxidation sites excluding steroid dienone is 2. The van der Waals surface area contributed by atoms with Crippen LogP contribution in [0.1, 0.15) is 56.7 Å². The van der Waals surface area contributed by atoms with Crippen LogP contribution >= 0.6 is 0 Å². The highest BCUT2D eigenvalue weighted by atomic mass is 19.1. The first-order valence-electron chi connectivity index (χ1n) is 16.3. The fourth-order valence-corrected chi connectivity index (χ4v) is 6.58. The summed E-state index contributed by atoms with van der Waals surface area (Å²) in [6, 6.07) is 14.6. The Labute approximate surface area is 281 Å². The lowest BCUT2D eigenvalue weighted by molar-refractivity contribution is -0.132. The number of nitriles is 1. The minimum absolute atomic E-state index is 0.0187. The number of nitrogens with zero attached hydrogens (tertiary/aromatic N) is 3. The molecule has 10 heteroatoms. The molecular weight excluding hydrogens is 612 g/mol. The molecule has 1 aliphatic carbocycles. The van der Waals surface area contributed by atoms with Crippen LogP contribution in [0, 0.1) is 34.3 Å². The van der Waals surface area contributed by atoms with Gasteiger partial charge in [0.1, 0.15) is 17.7 Å². The number of primary amides is 1. The monoisotopic (exact) mass is 655 g/mol. The molecular formula is C38H43F2N5O3. The van der Waals surface area contributed by atoms with Crippen molar-refractivity contribution >= 4 is 11.8 Å². The van der Waals surface area contributed by atoms with Gasteiger partial charge in [0.2, 0.25) is 11.8 Å². The Morgan fingerprint density at radius 1 is 1.06 bits per heavy atom. The van der Waals surface area contributed by atoms with Crippen LogP contribution < -0.4 is 11.1 Å². The average molecular weight is 656 g/mol. The molecule has 48 heavy (non-hydrogen) atoms. The third-order valence-electron chi connectivity index (χ3n) is 8.69. The van der Waals surface area contributed by atoms with Gasteiger partial charge in [0, 0.05) is 61.7 Å². The van der Waals surface area contributed by atoms with E-state index in [1.165, 1.54) is 18.3 Å². The number of rotatable bonds is 15. The van der Waals surface area contributed by atoms with Crippen molar-refractivity contribution in [1.82, 2.24) is 15.2 Å². The standard InChI is InChI=1S/C38H43F2N5O3/c1-4-9-45(10-5-2)36(47)30-11-25(3)18-38(19-30,37(42)48)34(16-27-14-32(39)17-33(40)15-27)35(46)24-44-21-26-7-6-8-29(12-26)31-13-28(20-41)22-43-23-31/h6-8,11-15,17-18,22-23,34-35,44,46H,4-5,9-10,16,19,21,24H2,1-3H3,(H2,42,48)/t34-,35+,38?/m1/s1.